The molecule has 0 aliphatic carbocycles. The van der Waals surface area contributed by atoms with Crippen molar-refractivity contribution in [1.82, 2.24) is 9.80 Å². The van der Waals surface area contributed by atoms with E-state index in [1.54, 1.807) is 0 Å². The second kappa shape index (κ2) is 26.9. The van der Waals surface area contributed by atoms with Crippen LogP contribution in [0.4, 0.5) is 0 Å². The van der Waals surface area contributed by atoms with Crippen molar-refractivity contribution >= 4 is 0 Å². The molecule has 37 heavy (non-hydrogen) atoms. The Bertz CT molecular complexity index is 474. The van der Waals surface area contributed by atoms with Crippen LogP contribution in [0.3, 0.4) is 0 Å². The van der Waals surface area contributed by atoms with Gasteiger partial charge in [0.25, 0.3) is 0 Å². The van der Waals surface area contributed by atoms with Gasteiger partial charge in [-0.1, -0.05) is 168 Å². The minimum atomic E-state index is 0.642. The molecule has 2 heteroatoms. The molecule has 0 saturated carbocycles. The van der Waals surface area contributed by atoms with E-state index in [4.69, 9.17) is 0 Å². The summed E-state index contributed by atoms with van der Waals surface area (Å²) in [5.41, 5.74) is 0. The molecule has 0 N–H and O–H groups in total. The molecule has 0 aromatic heterocycles. The summed E-state index contributed by atoms with van der Waals surface area (Å²) in [5, 5.41) is 0. The molecule has 0 aromatic rings. The lowest BCUT2D eigenvalue weighted by Crippen LogP contribution is -2.39. The number of unbranched alkanes of at least 4 members (excludes halogenated alkanes) is 23. The van der Waals surface area contributed by atoms with E-state index in [-0.39, 0.29) is 0 Å². The monoisotopic (exact) mass is 519 g/mol. The van der Waals surface area contributed by atoms with Gasteiger partial charge in [-0.05, 0) is 25.7 Å². The lowest BCUT2D eigenvalue weighted by atomic mass is 10.0. The second-order valence-corrected chi connectivity index (χ2v) is 12.2. The van der Waals surface area contributed by atoms with Crippen LogP contribution in [-0.4, -0.2) is 29.1 Å². The lowest BCUT2D eigenvalue weighted by Gasteiger charge is -2.33. The maximum Gasteiger partial charge on any atom is 0.101 e. The maximum absolute atomic E-state index is 2.68. The fraction of sp³-hybridized carbons (Fsp3) is 0.943. The van der Waals surface area contributed by atoms with Crippen LogP contribution >= 0.6 is 0 Å². The normalized spacial score (nSPS) is 15.4. The molecule has 2 nitrogen and oxygen atoms in total. The highest BCUT2D eigenvalue weighted by atomic mass is 15.4. The van der Waals surface area contributed by atoms with Crippen molar-refractivity contribution in [2.24, 2.45) is 0 Å². The fourth-order valence-electron chi connectivity index (χ4n) is 6.01. The molecule has 0 spiro atoms. The number of nitrogens with zero attached hydrogens (tertiary/aromatic N) is 2. The standard InChI is InChI=1S/C35H70N2/c1-4-7-10-12-14-15-16-17-18-19-20-21-22-23-25-27-30-35-36(31-28-9-6-3)33-34-37(35)32-29-26-24-13-11-8-5-2/h33-35H,4-32H2,1-3H3. The minimum absolute atomic E-state index is 0.642. The summed E-state index contributed by atoms with van der Waals surface area (Å²) in [4.78, 5) is 5.35. The van der Waals surface area contributed by atoms with Crippen LogP contribution in [0.1, 0.15) is 194 Å². The smallest absolute Gasteiger partial charge is 0.101 e. The molecule has 0 aromatic carbocycles. The first-order valence-corrected chi connectivity index (χ1v) is 17.5. The van der Waals surface area contributed by atoms with E-state index < -0.39 is 0 Å². The van der Waals surface area contributed by atoms with Gasteiger partial charge in [0.2, 0.25) is 0 Å². The van der Waals surface area contributed by atoms with Crippen molar-refractivity contribution in [3.8, 4) is 0 Å². The van der Waals surface area contributed by atoms with Crippen molar-refractivity contribution in [1.29, 1.82) is 0 Å². The van der Waals surface area contributed by atoms with Gasteiger partial charge >= 0.3 is 0 Å². The summed E-state index contributed by atoms with van der Waals surface area (Å²) >= 11 is 0. The van der Waals surface area contributed by atoms with Gasteiger partial charge in [-0.2, -0.15) is 0 Å². The van der Waals surface area contributed by atoms with Crippen molar-refractivity contribution in [2.45, 2.75) is 200 Å². The van der Waals surface area contributed by atoms with Gasteiger partial charge in [-0.25, -0.2) is 0 Å². The number of rotatable bonds is 29. The maximum atomic E-state index is 2.68. The summed E-state index contributed by atoms with van der Waals surface area (Å²) < 4.78 is 0. The molecule has 1 atom stereocenters. The van der Waals surface area contributed by atoms with Crippen molar-refractivity contribution < 1.29 is 0 Å². The molecule has 0 fully saturated rings. The molecule has 0 bridgehead atoms. The van der Waals surface area contributed by atoms with Crippen LogP contribution in [0.5, 0.6) is 0 Å². The van der Waals surface area contributed by atoms with E-state index in [0.717, 1.165) is 0 Å². The Balaban J connectivity index is 2.07. The number of hydrogen-bond acceptors (Lipinski definition) is 2. The molecular formula is C35H70N2. The Morgan fingerprint density at radius 1 is 0.351 bits per heavy atom. The summed E-state index contributed by atoms with van der Waals surface area (Å²) in [6, 6.07) is 0. The van der Waals surface area contributed by atoms with Gasteiger partial charge in [0, 0.05) is 25.5 Å². The van der Waals surface area contributed by atoms with E-state index in [1.807, 2.05) is 0 Å². The van der Waals surface area contributed by atoms with Crippen LogP contribution in [0.15, 0.2) is 12.4 Å². The van der Waals surface area contributed by atoms with Crippen molar-refractivity contribution in [2.75, 3.05) is 13.1 Å². The van der Waals surface area contributed by atoms with Crippen molar-refractivity contribution in [3.63, 3.8) is 0 Å². The Hall–Kier alpha value is -0.660. The molecule has 0 saturated heterocycles. The number of hydrogen-bond donors (Lipinski definition) is 0. The van der Waals surface area contributed by atoms with Gasteiger partial charge in [0.15, 0.2) is 0 Å². The fourth-order valence-corrected chi connectivity index (χ4v) is 6.01. The summed E-state index contributed by atoms with van der Waals surface area (Å²) in [7, 11) is 0. The molecule has 220 valence electrons. The van der Waals surface area contributed by atoms with E-state index in [2.05, 4.69) is 43.0 Å². The Labute approximate surface area is 235 Å². The van der Waals surface area contributed by atoms with E-state index in [9.17, 15) is 0 Å². The highest BCUT2D eigenvalue weighted by Gasteiger charge is 2.24. The molecule has 1 aliphatic rings. The van der Waals surface area contributed by atoms with Gasteiger partial charge < -0.3 is 9.80 Å². The predicted octanol–water partition coefficient (Wildman–Crippen LogP) is 12.0. The zero-order valence-electron chi connectivity index (χ0n) is 26.1. The third-order valence-electron chi connectivity index (χ3n) is 8.57. The van der Waals surface area contributed by atoms with Crippen LogP contribution < -0.4 is 0 Å². The zero-order valence-corrected chi connectivity index (χ0v) is 26.1. The minimum Gasteiger partial charge on any atom is -0.356 e. The Morgan fingerprint density at radius 2 is 0.622 bits per heavy atom. The topological polar surface area (TPSA) is 6.48 Å². The van der Waals surface area contributed by atoms with E-state index in [0.29, 0.717) is 6.17 Å². The third-order valence-corrected chi connectivity index (χ3v) is 8.57. The van der Waals surface area contributed by atoms with Crippen molar-refractivity contribution in [3.05, 3.63) is 12.4 Å². The van der Waals surface area contributed by atoms with E-state index >= 15 is 0 Å². The largest absolute Gasteiger partial charge is 0.356 e. The average Bonchev–Trinajstić information content (AvgIpc) is 3.29. The summed E-state index contributed by atoms with van der Waals surface area (Å²) in [5.74, 6) is 0. The molecule has 1 aliphatic heterocycles. The molecular weight excluding hydrogens is 448 g/mol. The summed E-state index contributed by atoms with van der Waals surface area (Å²) in [6.07, 6.45) is 44.0. The first kappa shape index (κ1) is 34.4. The second-order valence-electron chi connectivity index (χ2n) is 12.2. The molecule has 1 rings (SSSR count). The van der Waals surface area contributed by atoms with Crippen LogP contribution in [0.25, 0.3) is 0 Å². The molecule has 0 radical (unpaired) electrons. The van der Waals surface area contributed by atoms with E-state index in [1.165, 1.54) is 186 Å². The Morgan fingerprint density at radius 3 is 1.00 bits per heavy atom. The summed E-state index contributed by atoms with van der Waals surface area (Å²) in [6.45, 7) is 9.45. The van der Waals surface area contributed by atoms with Gasteiger partial charge in [-0.3, -0.25) is 0 Å². The van der Waals surface area contributed by atoms with Gasteiger partial charge in [0.1, 0.15) is 6.17 Å². The molecule has 0 amide bonds. The van der Waals surface area contributed by atoms with Gasteiger partial charge in [-0.15, -0.1) is 0 Å². The first-order chi connectivity index (χ1) is 18.3. The van der Waals surface area contributed by atoms with Crippen LogP contribution in [-0.2, 0) is 0 Å². The first-order valence-electron chi connectivity index (χ1n) is 17.5. The third kappa shape index (κ3) is 20.0. The lowest BCUT2D eigenvalue weighted by molar-refractivity contribution is 0.135. The van der Waals surface area contributed by atoms with Crippen LogP contribution in [0.2, 0.25) is 0 Å². The van der Waals surface area contributed by atoms with Gasteiger partial charge in [0.05, 0.1) is 0 Å². The quantitative estimate of drug-likeness (QED) is 0.0908. The highest BCUT2D eigenvalue weighted by Crippen LogP contribution is 2.24. The average molecular weight is 519 g/mol. The molecule has 1 heterocycles. The Kier molecular flexibility index (Phi) is 25.0. The zero-order chi connectivity index (χ0) is 26.7. The molecule has 1 unspecified atom stereocenters. The SMILES string of the molecule is CCCCCCCCCCCCCCCCCCC1N(CCCCC)C=CN1CCCCCCCCC. The highest BCUT2D eigenvalue weighted by molar-refractivity contribution is 4.97. The van der Waals surface area contributed by atoms with Crippen LogP contribution in [0, 0.1) is 0 Å². The predicted molar refractivity (Wildman–Crippen MR) is 168 cm³/mol.